The molecule has 9 nitrogen and oxygen atoms in total. The number of rotatable bonds is 5. The van der Waals surface area contributed by atoms with E-state index in [-0.39, 0.29) is 11.9 Å². The van der Waals surface area contributed by atoms with Gasteiger partial charge in [-0.15, -0.1) is 0 Å². The third kappa shape index (κ3) is 6.16. The number of carbonyl (C=O) groups is 1. The molecule has 35 heavy (non-hydrogen) atoms. The Hall–Kier alpha value is -3.02. The molecule has 3 heterocycles. The van der Waals surface area contributed by atoms with E-state index in [0.717, 1.165) is 51.4 Å². The van der Waals surface area contributed by atoms with Crippen LogP contribution >= 0.6 is 0 Å². The highest BCUT2D eigenvalue weighted by atomic mass is 32.2. The number of fused-ring (bicyclic) bond motifs is 3. The maximum Gasteiger partial charge on any atom is 0.261 e. The van der Waals surface area contributed by atoms with E-state index in [1.165, 1.54) is 0 Å². The first-order valence-corrected chi connectivity index (χ1v) is 13.1. The number of primary amides is 1. The van der Waals surface area contributed by atoms with E-state index in [0.29, 0.717) is 31.3 Å². The normalized spacial score (nSPS) is 15.2. The SMILES string of the molecule is CCc1cc(F)cc(C)c1CNC1CNc2c(c(C(N)=O)cn3c(C)c(C)nc23)C1.CS(=O)(=O)O. The van der Waals surface area contributed by atoms with Crippen LogP contribution in [0.1, 0.15) is 50.9 Å². The van der Waals surface area contributed by atoms with Crippen LogP contribution in [0.3, 0.4) is 0 Å². The standard InChI is InChI=1S/C23H28FN5O.CH4O3S/c1-5-15-7-16(24)6-12(2)19(15)10-26-17-8-18-20(22(25)30)11-29-14(4)13(3)28-23(29)21(18)27-9-17;1-5(2,3)4/h6-7,11,17,26-27H,5,8-10H2,1-4H3,(H2,25,30);1H3,(H,2,3,4). The number of nitrogens with zero attached hydrogens (tertiary/aromatic N) is 2. The summed E-state index contributed by atoms with van der Waals surface area (Å²) in [5, 5.41) is 7.05. The number of pyridine rings is 1. The third-order valence-corrected chi connectivity index (χ3v) is 6.22. The quantitative estimate of drug-likeness (QED) is 0.391. The Morgan fingerprint density at radius 3 is 2.60 bits per heavy atom. The van der Waals surface area contributed by atoms with Gasteiger partial charge in [-0.2, -0.15) is 8.42 Å². The zero-order valence-electron chi connectivity index (χ0n) is 20.6. The summed E-state index contributed by atoms with van der Waals surface area (Å²) in [6, 6.07) is 3.31. The number of aryl methyl sites for hydroxylation is 4. The topological polar surface area (TPSA) is 139 Å². The zero-order chi connectivity index (χ0) is 26.1. The Bertz CT molecular complexity index is 1380. The lowest BCUT2D eigenvalue weighted by molar-refractivity contribution is 0.0998. The number of nitrogens with two attached hydrogens (primary N) is 1. The fourth-order valence-electron chi connectivity index (χ4n) is 4.39. The second kappa shape index (κ2) is 10.3. The average molecular weight is 506 g/mol. The van der Waals surface area contributed by atoms with Gasteiger partial charge < -0.3 is 20.8 Å². The molecule has 0 bridgehead atoms. The summed E-state index contributed by atoms with van der Waals surface area (Å²) in [7, 11) is -3.67. The molecular formula is C24H32FN5O4S. The fourth-order valence-corrected chi connectivity index (χ4v) is 4.39. The Labute approximate surface area is 204 Å². The van der Waals surface area contributed by atoms with Gasteiger partial charge in [-0.25, -0.2) is 9.37 Å². The van der Waals surface area contributed by atoms with Gasteiger partial charge in [0.25, 0.3) is 16.0 Å². The summed E-state index contributed by atoms with van der Waals surface area (Å²) in [5.74, 6) is -0.634. The zero-order valence-corrected chi connectivity index (χ0v) is 21.4. The van der Waals surface area contributed by atoms with Crippen molar-refractivity contribution in [2.45, 2.75) is 53.1 Å². The molecule has 1 unspecified atom stereocenters. The number of anilines is 1. The van der Waals surface area contributed by atoms with Crippen molar-refractivity contribution in [1.29, 1.82) is 0 Å². The number of imidazole rings is 1. The molecule has 1 amide bonds. The molecule has 4 rings (SSSR count). The van der Waals surface area contributed by atoms with Gasteiger partial charge in [0.05, 0.1) is 23.2 Å². The van der Waals surface area contributed by atoms with Gasteiger partial charge in [0.2, 0.25) is 0 Å². The molecule has 0 fully saturated rings. The summed E-state index contributed by atoms with van der Waals surface area (Å²) >= 11 is 0. The van der Waals surface area contributed by atoms with Crippen molar-refractivity contribution in [3.63, 3.8) is 0 Å². The van der Waals surface area contributed by atoms with Crippen LogP contribution in [0, 0.1) is 26.6 Å². The minimum atomic E-state index is -3.67. The van der Waals surface area contributed by atoms with Crippen molar-refractivity contribution in [2.24, 2.45) is 5.73 Å². The highest BCUT2D eigenvalue weighted by molar-refractivity contribution is 7.85. The molecule has 11 heteroatoms. The largest absolute Gasteiger partial charge is 0.380 e. The van der Waals surface area contributed by atoms with Crippen molar-refractivity contribution in [1.82, 2.24) is 14.7 Å². The highest BCUT2D eigenvalue weighted by Gasteiger charge is 2.27. The van der Waals surface area contributed by atoms with Crippen molar-refractivity contribution >= 4 is 27.4 Å². The summed E-state index contributed by atoms with van der Waals surface area (Å²) in [6.07, 6.45) is 3.97. The molecular weight excluding hydrogens is 473 g/mol. The van der Waals surface area contributed by atoms with E-state index in [4.69, 9.17) is 10.3 Å². The average Bonchev–Trinajstić information content (AvgIpc) is 3.04. The number of carbonyl (C=O) groups excluding carboxylic acids is 1. The molecule has 2 aromatic heterocycles. The van der Waals surface area contributed by atoms with Crippen LogP contribution in [0.4, 0.5) is 10.1 Å². The van der Waals surface area contributed by atoms with Crippen LogP contribution in [0.15, 0.2) is 18.3 Å². The molecule has 190 valence electrons. The van der Waals surface area contributed by atoms with Crippen molar-refractivity contribution in [3.8, 4) is 0 Å². The molecule has 1 aromatic carbocycles. The molecule has 0 saturated heterocycles. The number of hydrogen-bond acceptors (Lipinski definition) is 6. The predicted molar refractivity (Wildman–Crippen MR) is 134 cm³/mol. The van der Waals surface area contributed by atoms with Gasteiger partial charge >= 0.3 is 0 Å². The van der Waals surface area contributed by atoms with Gasteiger partial charge in [-0.05, 0) is 68.0 Å². The van der Waals surface area contributed by atoms with Crippen LogP contribution in [-0.4, -0.2) is 47.1 Å². The Morgan fingerprint density at radius 2 is 2.00 bits per heavy atom. The molecule has 0 saturated carbocycles. The lowest BCUT2D eigenvalue weighted by Gasteiger charge is -2.29. The monoisotopic (exact) mass is 505 g/mol. The molecule has 3 aromatic rings. The van der Waals surface area contributed by atoms with Crippen LogP contribution in [0.5, 0.6) is 0 Å². The summed E-state index contributed by atoms with van der Waals surface area (Å²) in [6.45, 7) is 9.27. The Kier molecular flexibility index (Phi) is 7.83. The molecule has 0 radical (unpaired) electrons. The number of aromatic nitrogens is 2. The molecule has 5 N–H and O–H groups in total. The van der Waals surface area contributed by atoms with Crippen molar-refractivity contribution in [2.75, 3.05) is 18.1 Å². The van der Waals surface area contributed by atoms with Gasteiger partial charge in [0, 0.05) is 31.0 Å². The summed E-state index contributed by atoms with van der Waals surface area (Å²) in [5.41, 5.74) is 13.9. The van der Waals surface area contributed by atoms with E-state index in [2.05, 4.69) is 15.6 Å². The van der Waals surface area contributed by atoms with Gasteiger partial charge in [0.15, 0.2) is 5.65 Å². The molecule has 0 spiro atoms. The smallest absolute Gasteiger partial charge is 0.261 e. The van der Waals surface area contributed by atoms with Gasteiger partial charge in [0.1, 0.15) is 5.82 Å². The molecule has 1 aliphatic heterocycles. The second-order valence-electron chi connectivity index (χ2n) is 8.85. The van der Waals surface area contributed by atoms with E-state index >= 15 is 0 Å². The van der Waals surface area contributed by atoms with E-state index < -0.39 is 16.0 Å². The molecule has 1 aliphatic rings. The third-order valence-electron chi connectivity index (χ3n) is 6.22. The minimum absolute atomic E-state index is 0.115. The lowest BCUT2D eigenvalue weighted by atomic mass is 9.94. The number of nitrogens with one attached hydrogen (secondary N) is 2. The number of hydrogen-bond donors (Lipinski definition) is 4. The van der Waals surface area contributed by atoms with Crippen LogP contribution < -0.4 is 16.4 Å². The lowest BCUT2D eigenvalue weighted by Crippen LogP contribution is -2.41. The Balaban J connectivity index is 0.000000623. The van der Waals surface area contributed by atoms with Gasteiger partial charge in [-0.1, -0.05) is 6.92 Å². The van der Waals surface area contributed by atoms with Crippen LogP contribution in [0.2, 0.25) is 0 Å². The summed E-state index contributed by atoms with van der Waals surface area (Å²) in [4.78, 5) is 16.9. The number of benzene rings is 1. The first-order chi connectivity index (χ1) is 16.3. The van der Waals surface area contributed by atoms with Crippen LogP contribution in [-0.2, 0) is 29.5 Å². The molecule has 1 atom stereocenters. The highest BCUT2D eigenvalue weighted by Crippen LogP contribution is 2.31. The maximum atomic E-state index is 13.8. The van der Waals surface area contributed by atoms with Crippen molar-refractivity contribution in [3.05, 3.63) is 63.4 Å². The fraction of sp³-hybridized carbons (Fsp3) is 0.417. The number of halogens is 1. The summed E-state index contributed by atoms with van der Waals surface area (Å²) < 4.78 is 41.6. The maximum absolute atomic E-state index is 13.8. The first kappa shape index (κ1) is 26.6. The van der Waals surface area contributed by atoms with Crippen molar-refractivity contribution < 1.29 is 22.2 Å². The van der Waals surface area contributed by atoms with Crippen LogP contribution in [0.25, 0.3) is 5.65 Å². The molecule has 0 aliphatic carbocycles. The number of amides is 1. The first-order valence-electron chi connectivity index (χ1n) is 11.3. The van der Waals surface area contributed by atoms with E-state index in [1.807, 2.05) is 32.1 Å². The van der Waals surface area contributed by atoms with E-state index in [1.54, 1.807) is 18.3 Å². The second-order valence-corrected chi connectivity index (χ2v) is 10.3. The Morgan fingerprint density at radius 1 is 1.34 bits per heavy atom. The van der Waals surface area contributed by atoms with E-state index in [9.17, 15) is 17.6 Å². The predicted octanol–water partition coefficient (Wildman–Crippen LogP) is 2.69. The minimum Gasteiger partial charge on any atom is -0.380 e. The van der Waals surface area contributed by atoms with Gasteiger partial charge in [-0.3, -0.25) is 9.35 Å².